The van der Waals surface area contributed by atoms with Crippen LogP contribution in [0.2, 0.25) is 5.02 Å². The zero-order valence-electron chi connectivity index (χ0n) is 11.3. The summed E-state index contributed by atoms with van der Waals surface area (Å²) in [5, 5.41) is 12.2. The minimum absolute atomic E-state index is 0.0201. The molecule has 2 aromatic carbocycles. The lowest BCUT2D eigenvalue weighted by Gasteiger charge is -2.07. The Bertz CT molecular complexity index is 684. The summed E-state index contributed by atoms with van der Waals surface area (Å²) in [5.74, 6) is 5.56. The summed E-state index contributed by atoms with van der Waals surface area (Å²) in [5.41, 5.74) is 1.88. The summed E-state index contributed by atoms with van der Waals surface area (Å²) in [7, 11) is 0. The van der Waals surface area contributed by atoms with E-state index in [4.69, 9.17) is 16.7 Å². The lowest BCUT2D eigenvalue weighted by molar-refractivity contribution is 0.102. The molecule has 0 fully saturated rings. The summed E-state index contributed by atoms with van der Waals surface area (Å²) < 4.78 is 0. The molecule has 0 saturated carbocycles. The molecule has 0 heterocycles. The van der Waals surface area contributed by atoms with Gasteiger partial charge in [-0.2, -0.15) is 0 Å². The summed E-state index contributed by atoms with van der Waals surface area (Å²) in [6, 6.07) is 14.0. The number of rotatable bonds is 3. The first-order chi connectivity index (χ1) is 10.2. The van der Waals surface area contributed by atoms with E-state index in [2.05, 4.69) is 17.2 Å². The van der Waals surface area contributed by atoms with Gasteiger partial charge in [-0.15, -0.1) is 0 Å². The molecule has 2 aromatic rings. The van der Waals surface area contributed by atoms with E-state index >= 15 is 0 Å². The highest BCUT2D eigenvalue weighted by Gasteiger charge is 2.07. The summed E-state index contributed by atoms with van der Waals surface area (Å²) in [4.78, 5) is 12.2. The molecule has 2 rings (SSSR count). The molecule has 0 aromatic heterocycles. The number of para-hydroxylation sites is 1. The van der Waals surface area contributed by atoms with E-state index in [1.165, 1.54) is 0 Å². The normalized spacial score (nSPS) is 9.62. The molecule has 0 aliphatic rings. The van der Waals surface area contributed by atoms with Gasteiger partial charge in [0.2, 0.25) is 0 Å². The minimum atomic E-state index is -0.219. The van der Waals surface area contributed by atoms with Crippen LogP contribution in [0.3, 0.4) is 0 Å². The summed E-state index contributed by atoms with van der Waals surface area (Å²) >= 11 is 5.80. The van der Waals surface area contributed by atoms with Crippen molar-refractivity contribution in [2.75, 3.05) is 11.9 Å². The van der Waals surface area contributed by atoms with Gasteiger partial charge in [-0.3, -0.25) is 4.79 Å². The predicted octanol–water partition coefficient (Wildman–Crippen LogP) is 3.33. The number of aliphatic hydroxyl groups excluding tert-OH is 1. The highest BCUT2D eigenvalue weighted by molar-refractivity contribution is 6.30. The van der Waals surface area contributed by atoms with Gasteiger partial charge >= 0.3 is 0 Å². The maximum atomic E-state index is 12.2. The van der Waals surface area contributed by atoms with E-state index in [1.54, 1.807) is 30.3 Å². The fraction of sp³-hybridized carbons (Fsp3) is 0.118. The second kappa shape index (κ2) is 7.49. The Balaban J connectivity index is 2.18. The van der Waals surface area contributed by atoms with E-state index in [1.807, 2.05) is 18.2 Å². The second-order valence-electron chi connectivity index (χ2n) is 4.28. The van der Waals surface area contributed by atoms with Gasteiger partial charge in [0, 0.05) is 22.6 Å². The van der Waals surface area contributed by atoms with Crippen LogP contribution in [0, 0.1) is 11.8 Å². The molecule has 3 nitrogen and oxygen atoms in total. The molecule has 0 unspecified atom stereocenters. The molecule has 0 radical (unpaired) electrons. The number of anilines is 1. The summed E-state index contributed by atoms with van der Waals surface area (Å²) in [6.07, 6.45) is 0.402. The number of hydrogen-bond acceptors (Lipinski definition) is 2. The molecule has 0 atom stereocenters. The number of halogens is 1. The quantitative estimate of drug-likeness (QED) is 0.854. The van der Waals surface area contributed by atoms with Gasteiger partial charge < -0.3 is 10.4 Å². The number of benzene rings is 2. The third kappa shape index (κ3) is 4.35. The zero-order valence-corrected chi connectivity index (χ0v) is 12.0. The fourth-order valence-electron chi connectivity index (χ4n) is 1.71. The van der Waals surface area contributed by atoms with Crippen molar-refractivity contribution >= 4 is 23.2 Å². The number of hydrogen-bond donors (Lipinski definition) is 2. The zero-order chi connectivity index (χ0) is 15.1. The smallest absolute Gasteiger partial charge is 0.255 e. The number of carbonyl (C=O) groups excluding carboxylic acids is 1. The molecule has 0 spiro atoms. The monoisotopic (exact) mass is 299 g/mol. The van der Waals surface area contributed by atoms with E-state index in [-0.39, 0.29) is 12.5 Å². The van der Waals surface area contributed by atoms with Crippen LogP contribution in [0.25, 0.3) is 0 Å². The fourth-order valence-corrected chi connectivity index (χ4v) is 1.84. The van der Waals surface area contributed by atoms with Gasteiger partial charge in [0.05, 0.1) is 12.3 Å². The van der Waals surface area contributed by atoms with E-state index in [0.29, 0.717) is 28.3 Å². The van der Waals surface area contributed by atoms with Crippen LogP contribution < -0.4 is 5.32 Å². The van der Waals surface area contributed by atoms with Crippen molar-refractivity contribution in [1.29, 1.82) is 0 Å². The van der Waals surface area contributed by atoms with Crippen molar-refractivity contribution in [3.05, 3.63) is 64.7 Å². The maximum absolute atomic E-state index is 12.2. The molecular formula is C17H14ClNO2. The molecule has 21 heavy (non-hydrogen) atoms. The van der Waals surface area contributed by atoms with E-state index in [9.17, 15) is 4.79 Å². The van der Waals surface area contributed by atoms with Crippen LogP contribution in [-0.2, 0) is 0 Å². The Morgan fingerprint density at radius 1 is 1.14 bits per heavy atom. The molecule has 0 aliphatic heterocycles. The average Bonchev–Trinajstić information content (AvgIpc) is 2.50. The molecule has 0 bridgehead atoms. The van der Waals surface area contributed by atoms with Gasteiger partial charge in [0.25, 0.3) is 5.91 Å². The minimum Gasteiger partial charge on any atom is -0.395 e. The van der Waals surface area contributed by atoms with Crippen LogP contribution in [0.5, 0.6) is 0 Å². The van der Waals surface area contributed by atoms with Crippen molar-refractivity contribution in [3.8, 4) is 11.8 Å². The van der Waals surface area contributed by atoms with Gasteiger partial charge in [-0.05, 0) is 36.4 Å². The number of aliphatic hydroxyl groups is 1. The van der Waals surface area contributed by atoms with Crippen LogP contribution in [0.1, 0.15) is 22.3 Å². The Hall–Kier alpha value is -2.28. The molecule has 0 saturated heterocycles. The lowest BCUT2D eigenvalue weighted by Crippen LogP contribution is -2.12. The SMILES string of the molecule is O=C(Nc1ccccc1C#CCCO)c1ccc(Cl)cc1. The Morgan fingerprint density at radius 2 is 1.86 bits per heavy atom. The van der Waals surface area contributed by atoms with Gasteiger partial charge in [-0.1, -0.05) is 35.6 Å². The lowest BCUT2D eigenvalue weighted by atomic mass is 10.1. The van der Waals surface area contributed by atoms with Crippen molar-refractivity contribution in [2.45, 2.75) is 6.42 Å². The standard InChI is InChI=1S/C17H14ClNO2/c18-15-10-8-14(9-11-15)17(21)19-16-7-2-1-5-13(16)6-3-4-12-20/h1-2,5,7-11,20H,4,12H2,(H,19,21). The van der Waals surface area contributed by atoms with E-state index < -0.39 is 0 Å². The first kappa shape index (κ1) is 15.1. The largest absolute Gasteiger partial charge is 0.395 e. The van der Waals surface area contributed by atoms with Gasteiger partial charge in [-0.25, -0.2) is 0 Å². The van der Waals surface area contributed by atoms with Gasteiger partial charge in [0.1, 0.15) is 0 Å². The van der Waals surface area contributed by atoms with Crippen molar-refractivity contribution in [3.63, 3.8) is 0 Å². The first-order valence-corrected chi connectivity index (χ1v) is 6.84. The predicted molar refractivity (Wildman–Crippen MR) is 84.4 cm³/mol. The van der Waals surface area contributed by atoms with Crippen LogP contribution in [0.15, 0.2) is 48.5 Å². The molecular weight excluding hydrogens is 286 g/mol. The van der Waals surface area contributed by atoms with E-state index in [0.717, 1.165) is 0 Å². The number of carbonyl (C=O) groups is 1. The Morgan fingerprint density at radius 3 is 2.57 bits per heavy atom. The van der Waals surface area contributed by atoms with Crippen LogP contribution >= 0.6 is 11.6 Å². The second-order valence-corrected chi connectivity index (χ2v) is 4.72. The van der Waals surface area contributed by atoms with Crippen LogP contribution in [0.4, 0.5) is 5.69 Å². The Kier molecular flexibility index (Phi) is 5.39. The molecule has 0 aliphatic carbocycles. The molecule has 4 heteroatoms. The average molecular weight is 300 g/mol. The third-order valence-electron chi connectivity index (χ3n) is 2.74. The number of nitrogens with one attached hydrogen (secondary N) is 1. The third-order valence-corrected chi connectivity index (χ3v) is 2.99. The highest BCUT2D eigenvalue weighted by atomic mass is 35.5. The molecule has 106 valence electrons. The first-order valence-electron chi connectivity index (χ1n) is 6.46. The van der Waals surface area contributed by atoms with Crippen LogP contribution in [-0.4, -0.2) is 17.6 Å². The van der Waals surface area contributed by atoms with Gasteiger partial charge in [0.15, 0.2) is 0 Å². The number of amides is 1. The van der Waals surface area contributed by atoms with Crippen molar-refractivity contribution in [2.24, 2.45) is 0 Å². The summed E-state index contributed by atoms with van der Waals surface area (Å²) in [6.45, 7) is 0.0201. The molecule has 2 N–H and O–H groups in total. The molecule has 1 amide bonds. The maximum Gasteiger partial charge on any atom is 0.255 e. The van der Waals surface area contributed by atoms with Crippen molar-refractivity contribution in [1.82, 2.24) is 0 Å². The Labute approximate surface area is 128 Å². The topological polar surface area (TPSA) is 49.3 Å². The highest BCUT2D eigenvalue weighted by Crippen LogP contribution is 2.16. The van der Waals surface area contributed by atoms with Crippen molar-refractivity contribution < 1.29 is 9.90 Å².